The van der Waals surface area contributed by atoms with Crippen LogP contribution in [0.2, 0.25) is 0 Å². The smallest absolute Gasteiger partial charge is 0.296 e. The quantitative estimate of drug-likeness (QED) is 0.402. The topological polar surface area (TPSA) is 90.4 Å². The third-order valence-electron chi connectivity index (χ3n) is 6.56. The lowest BCUT2D eigenvalue weighted by atomic mass is 9.81. The number of hydrogen-bond acceptors (Lipinski definition) is 6. The van der Waals surface area contributed by atoms with Crippen molar-refractivity contribution in [3.8, 4) is 5.75 Å². The summed E-state index contributed by atoms with van der Waals surface area (Å²) in [6.07, 6.45) is 0. The average Bonchev–Trinajstić information content (AvgIpc) is 3.19. The highest BCUT2D eigenvalue weighted by atomic mass is 16.5. The number of methoxy groups -OCH3 is 1. The van der Waals surface area contributed by atoms with E-state index in [4.69, 9.17) is 4.74 Å². The summed E-state index contributed by atoms with van der Waals surface area (Å²) < 4.78 is 5.31. The fourth-order valence-corrected chi connectivity index (χ4v) is 4.95. The van der Waals surface area contributed by atoms with Crippen molar-refractivity contribution in [3.05, 3.63) is 64.7 Å². The van der Waals surface area contributed by atoms with Gasteiger partial charge < -0.3 is 24.5 Å². The van der Waals surface area contributed by atoms with E-state index in [9.17, 15) is 19.5 Å². The number of amides is 2. The third kappa shape index (κ3) is 3.20. The molecule has 0 radical (unpaired) electrons. The van der Waals surface area contributed by atoms with Crippen LogP contribution >= 0.6 is 0 Å². The van der Waals surface area contributed by atoms with Crippen molar-refractivity contribution in [2.24, 2.45) is 0 Å². The van der Waals surface area contributed by atoms with Gasteiger partial charge in [0.2, 0.25) is 0 Å². The molecule has 2 heterocycles. The van der Waals surface area contributed by atoms with E-state index in [1.807, 2.05) is 38.9 Å². The van der Waals surface area contributed by atoms with E-state index >= 15 is 0 Å². The van der Waals surface area contributed by atoms with Crippen molar-refractivity contribution in [1.29, 1.82) is 0 Å². The molecule has 2 aromatic carbocycles. The number of anilines is 1. The molecule has 0 aromatic heterocycles. The van der Waals surface area contributed by atoms with E-state index in [1.165, 1.54) is 4.90 Å². The summed E-state index contributed by atoms with van der Waals surface area (Å²) in [5.41, 5.74) is 0.304. The van der Waals surface area contributed by atoms with Crippen LogP contribution in [0, 0.1) is 6.92 Å². The van der Waals surface area contributed by atoms with Gasteiger partial charge in [-0.3, -0.25) is 14.4 Å². The molecule has 1 saturated heterocycles. The summed E-state index contributed by atoms with van der Waals surface area (Å²) in [5.74, 6) is -1.84. The highest BCUT2D eigenvalue weighted by Gasteiger charge is 2.66. The van der Waals surface area contributed by atoms with Crippen LogP contribution in [0.3, 0.4) is 0 Å². The van der Waals surface area contributed by atoms with Crippen molar-refractivity contribution in [2.75, 3.05) is 45.7 Å². The van der Waals surface area contributed by atoms with Crippen LogP contribution in [0.15, 0.2) is 48.0 Å². The summed E-state index contributed by atoms with van der Waals surface area (Å²) in [6.45, 7) is 4.60. The second kappa shape index (κ2) is 8.61. The Labute approximate surface area is 199 Å². The maximum absolute atomic E-state index is 14.1. The molecule has 4 rings (SSSR count). The molecule has 34 heavy (non-hydrogen) atoms. The number of Topliss-reactive ketones (excluding diaryl/α,β-unsaturated/α-hetero) is 1. The Kier molecular flexibility index (Phi) is 5.95. The molecule has 8 heteroatoms. The van der Waals surface area contributed by atoms with Crippen molar-refractivity contribution < 1.29 is 24.2 Å². The number of fused-ring (bicyclic) bond motifs is 2. The summed E-state index contributed by atoms with van der Waals surface area (Å²) >= 11 is 0. The van der Waals surface area contributed by atoms with Gasteiger partial charge in [-0.2, -0.15) is 0 Å². The zero-order valence-electron chi connectivity index (χ0n) is 20.1. The number of likely N-dealkylation sites (tertiary alicyclic amines) is 1. The van der Waals surface area contributed by atoms with Crippen LogP contribution in [-0.2, 0) is 19.9 Å². The number of likely N-dealkylation sites (N-methyl/N-ethyl adjacent to an activating group) is 2. The fraction of sp³-hybridized carbons (Fsp3) is 0.346. The summed E-state index contributed by atoms with van der Waals surface area (Å²) in [7, 11) is 5.25. The van der Waals surface area contributed by atoms with Gasteiger partial charge in [-0.15, -0.1) is 0 Å². The number of benzene rings is 2. The van der Waals surface area contributed by atoms with E-state index in [0.29, 0.717) is 35.7 Å². The molecular formula is C26H29N3O5. The van der Waals surface area contributed by atoms with Gasteiger partial charge in [-0.1, -0.05) is 18.2 Å². The van der Waals surface area contributed by atoms with Crippen LogP contribution in [0.4, 0.5) is 5.69 Å². The first-order valence-electron chi connectivity index (χ1n) is 11.2. The molecule has 1 spiro atoms. The van der Waals surface area contributed by atoms with E-state index in [-0.39, 0.29) is 17.9 Å². The fourth-order valence-electron chi connectivity index (χ4n) is 4.95. The SMILES string of the molecule is CCN1C(=O)[C@@]2(C(=C(O)c3ccc(OC)c(C)c3)C(=O)C(=O)N2CCN(C)C)c2ccccc21. The number of hydrogen-bond donors (Lipinski definition) is 1. The standard InChI is InChI=1S/C26H29N3O5/c1-6-28-19-10-8-7-9-18(19)26(25(28)33)21(23(31)24(32)29(26)14-13-27(3)4)22(30)17-11-12-20(34-5)16(2)15-17/h7-12,15,30H,6,13-14H2,1-5H3/t26-/m0/s1. The first kappa shape index (κ1) is 23.5. The Hall–Kier alpha value is -3.65. The Balaban J connectivity index is 2.04. The van der Waals surface area contributed by atoms with E-state index in [1.54, 1.807) is 48.4 Å². The highest BCUT2D eigenvalue weighted by molar-refractivity contribution is 6.50. The summed E-state index contributed by atoms with van der Waals surface area (Å²) in [4.78, 5) is 45.7. The molecule has 0 bridgehead atoms. The van der Waals surface area contributed by atoms with Crippen LogP contribution in [-0.4, -0.2) is 73.3 Å². The predicted molar refractivity (Wildman–Crippen MR) is 129 cm³/mol. The second-order valence-electron chi connectivity index (χ2n) is 8.77. The van der Waals surface area contributed by atoms with E-state index < -0.39 is 23.1 Å². The van der Waals surface area contributed by atoms with Crippen molar-refractivity contribution in [3.63, 3.8) is 0 Å². The van der Waals surface area contributed by atoms with Gasteiger partial charge in [0.15, 0.2) is 5.54 Å². The molecule has 0 saturated carbocycles. The molecule has 0 aliphatic carbocycles. The van der Waals surface area contributed by atoms with Crippen LogP contribution in [0.25, 0.3) is 5.76 Å². The average molecular weight is 464 g/mol. The van der Waals surface area contributed by atoms with Gasteiger partial charge in [0.25, 0.3) is 17.6 Å². The second-order valence-corrected chi connectivity index (χ2v) is 8.77. The minimum absolute atomic E-state index is 0.146. The monoisotopic (exact) mass is 463 g/mol. The number of aryl methyl sites for hydroxylation is 1. The van der Waals surface area contributed by atoms with Crippen molar-refractivity contribution in [1.82, 2.24) is 9.80 Å². The molecule has 2 aliphatic rings. The van der Waals surface area contributed by atoms with Crippen molar-refractivity contribution in [2.45, 2.75) is 19.4 Å². The maximum Gasteiger partial charge on any atom is 0.296 e. The zero-order valence-corrected chi connectivity index (χ0v) is 20.1. The van der Waals surface area contributed by atoms with Gasteiger partial charge in [0, 0.05) is 30.8 Å². The van der Waals surface area contributed by atoms with E-state index in [2.05, 4.69) is 0 Å². The highest BCUT2D eigenvalue weighted by Crippen LogP contribution is 2.53. The van der Waals surface area contributed by atoms with Gasteiger partial charge in [-0.25, -0.2) is 0 Å². The predicted octanol–water partition coefficient (Wildman–Crippen LogP) is 2.51. The minimum atomic E-state index is -1.73. The van der Waals surface area contributed by atoms with Gasteiger partial charge in [0.1, 0.15) is 11.5 Å². The van der Waals surface area contributed by atoms with Gasteiger partial charge >= 0.3 is 0 Å². The van der Waals surface area contributed by atoms with Gasteiger partial charge in [-0.05, 0) is 57.8 Å². The van der Waals surface area contributed by atoms with Crippen LogP contribution in [0.5, 0.6) is 5.75 Å². The minimum Gasteiger partial charge on any atom is -0.507 e. The molecule has 1 N–H and O–H groups in total. The first-order valence-corrected chi connectivity index (χ1v) is 11.2. The zero-order chi connectivity index (χ0) is 24.8. The van der Waals surface area contributed by atoms with Crippen molar-refractivity contribution >= 4 is 29.0 Å². The first-order chi connectivity index (χ1) is 16.2. The Morgan fingerprint density at radius 2 is 1.82 bits per heavy atom. The Morgan fingerprint density at radius 1 is 1.12 bits per heavy atom. The molecule has 2 aliphatic heterocycles. The maximum atomic E-state index is 14.1. The molecule has 0 unspecified atom stereocenters. The van der Waals surface area contributed by atoms with E-state index in [0.717, 1.165) is 5.56 Å². The molecular weight excluding hydrogens is 434 g/mol. The third-order valence-corrected chi connectivity index (χ3v) is 6.56. The number of carbonyl (C=O) groups excluding carboxylic acids is 3. The van der Waals surface area contributed by atoms with Gasteiger partial charge in [0.05, 0.1) is 18.4 Å². The van der Waals surface area contributed by atoms with Crippen LogP contribution in [0.1, 0.15) is 23.6 Å². The lowest BCUT2D eigenvalue weighted by molar-refractivity contribution is -0.143. The number of aliphatic hydroxyl groups is 1. The molecule has 1 atom stereocenters. The number of ether oxygens (including phenoxy) is 1. The normalized spacial score (nSPS) is 21.2. The molecule has 8 nitrogen and oxygen atoms in total. The number of carbonyl (C=O) groups is 3. The number of para-hydroxylation sites is 1. The number of ketones is 1. The summed E-state index contributed by atoms with van der Waals surface area (Å²) in [5, 5.41) is 11.5. The number of nitrogens with zero attached hydrogens (tertiary/aromatic N) is 3. The lowest BCUT2D eigenvalue weighted by Crippen LogP contribution is -2.53. The number of rotatable bonds is 6. The van der Waals surface area contributed by atoms with Crippen LogP contribution < -0.4 is 9.64 Å². The molecule has 1 fully saturated rings. The Bertz CT molecular complexity index is 1220. The molecule has 2 aromatic rings. The molecule has 2 amide bonds. The lowest BCUT2D eigenvalue weighted by Gasteiger charge is -2.35. The Morgan fingerprint density at radius 3 is 2.44 bits per heavy atom. The summed E-state index contributed by atoms with van der Waals surface area (Å²) in [6, 6.07) is 12.1. The largest absolute Gasteiger partial charge is 0.507 e. The number of aliphatic hydroxyl groups excluding tert-OH is 1. The molecule has 178 valence electrons.